The molecule has 0 bridgehead atoms. The highest BCUT2D eigenvalue weighted by Crippen LogP contribution is 2.30. The van der Waals surface area contributed by atoms with Gasteiger partial charge in [-0.15, -0.1) is 0 Å². The number of carbonyl (C=O) groups is 4. The Morgan fingerprint density at radius 3 is 1.73 bits per heavy atom. The summed E-state index contributed by atoms with van der Waals surface area (Å²) in [6.45, 7) is 18.6. The van der Waals surface area contributed by atoms with E-state index in [0.717, 1.165) is 0 Å². The Hall–Kier alpha value is -3.34. The summed E-state index contributed by atoms with van der Waals surface area (Å²) in [5, 5.41) is 0. The van der Waals surface area contributed by atoms with E-state index in [9.17, 15) is 19.2 Å². The number of hydrogen-bond donors (Lipinski definition) is 1. The van der Waals surface area contributed by atoms with Gasteiger partial charge < -0.3 is 34.2 Å². The molecule has 0 amide bonds. The van der Waals surface area contributed by atoms with Gasteiger partial charge in [-0.1, -0.05) is 61.5 Å². The van der Waals surface area contributed by atoms with E-state index in [-0.39, 0.29) is 60.3 Å². The number of nitrogens with two attached hydrogens (primary N) is 1. The van der Waals surface area contributed by atoms with Crippen LogP contribution in [0.25, 0.3) is 0 Å². The van der Waals surface area contributed by atoms with Crippen LogP contribution in [0.2, 0.25) is 0 Å². The monoisotopic (exact) mass is 581 g/mol. The first kappa shape index (κ1) is 35.7. The Labute approximate surface area is 243 Å². The quantitative estimate of drug-likeness (QED) is 0.187. The van der Waals surface area contributed by atoms with Crippen LogP contribution in [0, 0.1) is 16.7 Å². The topological polar surface area (TPSA) is 150 Å². The van der Waals surface area contributed by atoms with Gasteiger partial charge >= 0.3 is 24.2 Å². The maximum Gasteiger partial charge on any atom is 0.513 e. The second kappa shape index (κ2) is 15.6. The lowest BCUT2D eigenvalue weighted by molar-refractivity contribution is -0.166. The standard InChI is InChI=1S/C30H47NO10/c1-18(2)13-25(32)38-19(3)20(4)39-26(33)22(31)14-21-11-12-23(40-27(34)36-16-29(5,6)7)24(15-21)41-28(35)37-17-30(8,9)10/h11-12,15,18-20,22H,13-14,16-17,31H2,1-10H3/t19?,20-,22-/m0/s1. The van der Waals surface area contributed by atoms with Gasteiger partial charge in [-0.05, 0) is 54.7 Å². The number of hydrogen-bond acceptors (Lipinski definition) is 11. The van der Waals surface area contributed by atoms with Crippen molar-refractivity contribution in [2.75, 3.05) is 13.2 Å². The average Bonchev–Trinajstić information content (AvgIpc) is 2.81. The summed E-state index contributed by atoms with van der Waals surface area (Å²) in [4.78, 5) is 49.2. The SMILES string of the molecule is CC(C)CC(=O)OC(C)[C@H](C)OC(=O)[C@@H](N)Cc1ccc(OC(=O)OCC(C)(C)C)c(OC(=O)OCC(C)(C)C)c1. The zero-order valence-corrected chi connectivity index (χ0v) is 26.0. The molecule has 11 heteroatoms. The zero-order valence-electron chi connectivity index (χ0n) is 26.0. The first-order chi connectivity index (χ1) is 18.8. The molecule has 11 nitrogen and oxygen atoms in total. The second-order valence-corrected chi connectivity index (χ2v) is 12.9. The van der Waals surface area contributed by atoms with Gasteiger partial charge in [-0.3, -0.25) is 9.59 Å². The lowest BCUT2D eigenvalue weighted by atomic mass is 9.99. The molecule has 1 rings (SSSR count). The van der Waals surface area contributed by atoms with Crippen molar-refractivity contribution in [2.24, 2.45) is 22.5 Å². The van der Waals surface area contributed by atoms with Gasteiger partial charge in [0.1, 0.15) is 18.2 Å². The third-order valence-electron chi connectivity index (χ3n) is 5.25. The van der Waals surface area contributed by atoms with Crippen molar-refractivity contribution >= 4 is 24.2 Å². The fraction of sp³-hybridized carbons (Fsp3) is 0.667. The summed E-state index contributed by atoms with van der Waals surface area (Å²) in [7, 11) is 0. The van der Waals surface area contributed by atoms with E-state index in [2.05, 4.69) is 0 Å². The fourth-order valence-corrected chi connectivity index (χ4v) is 3.02. The first-order valence-electron chi connectivity index (χ1n) is 13.7. The van der Waals surface area contributed by atoms with Crippen LogP contribution < -0.4 is 15.2 Å². The van der Waals surface area contributed by atoms with Crippen LogP contribution in [0.15, 0.2) is 18.2 Å². The molecule has 0 saturated carbocycles. The van der Waals surface area contributed by atoms with Crippen molar-refractivity contribution < 1.29 is 47.6 Å². The van der Waals surface area contributed by atoms with Crippen LogP contribution in [-0.4, -0.2) is 55.7 Å². The van der Waals surface area contributed by atoms with E-state index in [1.165, 1.54) is 12.1 Å². The van der Waals surface area contributed by atoms with Crippen molar-refractivity contribution in [3.63, 3.8) is 0 Å². The van der Waals surface area contributed by atoms with Crippen LogP contribution in [-0.2, 0) is 35.0 Å². The average molecular weight is 582 g/mol. The van der Waals surface area contributed by atoms with Crippen molar-refractivity contribution in [2.45, 2.75) is 100 Å². The smallest absolute Gasteiger partial charge is 0.459 e. The normalized spacial score (nSPS) is 14.0. The molecule has 0 fully saturated rings. The second-order valence-electron chi connectivity index (χ2n) is 12.9. The van der Waals surface area contributed by atoms with Gasteiger partial charge in [0.15, 0.2) is 11.5 Å². The van der Waals surface area contributed by atoms with E-state index in [1.807, 2.05) is 55.4 Å². The molecule has 2 N–H and O–H groups in total. The molecule has 0 heterocycles. The maximum atomic E-state index is 12.7. The van der Waals surface area contributed by atoms with E-state index in [0.29, 0.717) is 5.56 Å². The molecule has 1 aromatic carbocycles. The molecule has 0 aliphatic carbocycles. The summed E-state index contributed by atoms with van der Waals surface area (Å²) in [6, 6.07) is 3.29. The Balaban J connectivity index is 2.97. The Morgan fingerprint density at radius 2 is 1.24 bits per heavy atom. The number of rotatable bonds is 12. The van der Waals surface area contributed by atoms with E-state index in [1.54, 1.807) is 19.9 Å². The summed E-state index contributed by atoms with van der Waals surface area (Å²) in [5.74, 6) is -1.14. The van der Waals surface area contributed by atoms with E-state index < -0.39 is 36.5 Å². The summed E-state index contributed by atoms with van der Waals surface area (Å²) in [6.07, 6.45) is -3.09. The largest absolute Gasteiger partial charge is 0.513 e. The highest BCUT2D eigenvalue weighted by Gasteiger charge is 2.26. The molecule has 0 aliphatic heterocycles. The first-order valence-corrected chi connectivity index (χ1v) is 13.7. The number of ether oxygens (including phenoxy) is 6. The number of esters is 2. The van der Waals surface area contributed by atoms with Gasteiger partial charge in [-0.2, -0.15) is 0 Å². The molecular formula is C30H47NO10. The lowest BCUT2D eigenvalue weighted by Crippen LogP contribution is -2.39. The molecule has 0 spiro atoms. The lowest BCUT2D eigenvalue weighted by Gasteiger charge is -2.23. The van der Waals surface area contributed by atoms with Gasteiger partial charge in [0, 0.05) is 6.42 Å². The van der Waals surface area contributed by atoms with Crippen molar-refractivity contribution in [1.82, 2.24) is 0 Å². The minimum atomic E-state index is -1.08. The third-order valence-corrected chi connectivity index (χ3v) is 5.25. The fourth-order valence-electron chi connectivity index (χ4n) is 3.02. The molecule has 0 aromatic heterocycles. The third kappa shape index (κ3) is 15.3. The molecule has 41 heavy (non-hydrogen) atoms. The van der Waals surface area contributed by atoms with Gasteiger partial charge in [0.05, 0.1) is 13.2 Å². The summed E-state index contributed by atoms with van der Waals surface area (Å²) in [5.41, 5.74) is 6.00. The summed E-state index contributed by atoms with van der Waals surface area (Å²) < 4.78 is 31.6. The van der Waals surface area contributed by atoms with E-state index >= 15 is 0 Å². The van der Waals surface area contributed by atoms with Gasteiger partial charge in [0.25, 0.3) is 0 Å². The molecular weight excluding hydrogens is 534 g/mol. The molecule has 232 valence electrons. The van der Waals surface area contributed by atoms with Crippen LogP contribution >= 0.6 is 0 Å². The molecule has 0 saturated heterocycles. The van der Waals surface area contributed by atoms with Crippen LogP contribution in [0.1, 0.15) is 81.2 Å². The highest BCUT2D eigenvalue weighted by atomic mass is 16.7. The van der Waals surface area contributed by atoms with Crippen LogP contribution in [0.5, 0.6) is 11.5 Å². The minimum Gasteiger partial charge on any atom is -0.459 e. The predicted octanol–water partition coefficient (Wildman–Crippen LogP) is 5.59. The number of carbonyl (C=O) groups excluding carboxylic acids is 4. The molecule has 1 unspecified atom stereocenters. The number of benzene rings is 1. The highest BCUT2D eigenvalue weighted by molar-refractivity contribution is 5.76. The minimum absolute atomic E-state index is 0.00915. The van der Waals surface area contributed by atoms with Crippen LogP contribution in [0.3, 0.4) is 0 Å². The molecule has 0 radical (unpaired) electrons. The molecule has 1 aromatic rings. The van der Waals surface area contributed by atoms with Gasteiger partial charge in [0.2, 0.25) is 0 Å². The van der Waals surface area contributed by atoms with E-state index in [4.69, 9.17) is 34.2 Å². The van der Waals surface area contributed by atoms with Crippen molar-refractivity contribution in [1.29, 1.82) is 0 Å². The van der Waals surface area contributed by atoms with Crippen LogP contribution in [0.4, 0.5) is 9.59 Å². The van der Waals surface area contributed by atoms with Gasteiger partial charge in [-0.25, -0.2) is 9.59 Å². The van der Waals surface area contributed by atoms with Crippen molar-refractivity contribution in [3.05, 3.63) is 23.8 Å². The Bertz CT molecular complexity index is 1040. The predicted molar refractivity (Wildman–Crippen MR) is 152 cm³/mol. The molecule has 3 atom stereocenters. The zero-order chi connectivity index (χ0) is 31.5. The summed E-state index contributed by atoms with van der Waals surface area (Å²) >= 11 is 0. The maximum absolute atomic E-state index is 12.7. The Kier molecular flexibility index (Phi) is 13.6. The Morgan fingerprint density at radius 1 is 0.756 bits per heavy atom. The van der Waals surface area contributed by atoms with Crippen molar-refractivity contribution in [3.8, 4) is 11.5 Å². The molecule has 0 aliphatic rings.